The molecule has 7 aliphatic rings. The van der Waals surface area contributed by atoms with E-state index < -0.39 is 17.3 Å². The minimum atomic E-state index is -0.810. The van der Waals surface area contributed by atoms with Gasteiger partial charge in [-0.3, -0.25) is 14.4 Å². The highest BCUT2D eigenvalue weighted by atomic mass is 16.5. The van der Waals surface area contributed by atoms with Crippen molar-refractivity contribution in [1.29, 1.82) is 0 Å². The molecule has 1 aliphatic heterocycles. The number of esters is 1. The molecule has 0 aromatic rings. The van der Waals surface area contributed by atoms with Gasteiger partial charge in [0, 0.05) is 31.6 Å². The SMILES string of the molecule is C=C(C)[C@@H]1CC[C@]2(C(=O)N3CCN(CC)CC3)CC[C@]3(C)[C@H](CC[C@@H]4[C@@]5(C)CC[C@H](OC(=O)C6CC(C(=O)O)C6(C)C)C(C)(C)[C@@H]5CC[C@]43C)[C@@H]12. The number of ether oxygens (including phenoxy) is 1. The second-order valence-corrected chi connectivity index (χ2v) is 20.9. The zero-order chi connectivity index (χ0) is 37.1. The van der Waals surface area contributed by atoms with Crippen LogP contribution in [0.15, 0.2) is 12.2 Å². The third kappa shape index (κ3) is 5.14. The van der Waals surface area contributed by atoms with Crippen LogP contribution in [0, 0.1) is 73.9 Å². The van der Waals surface area contributed by atoms with E-state index in [4.69, 9.17) is 4.74 Å². The van der Waals surface area contributed by atoms with Crippen LogP contribution < -0.4 is 0 Å². The van der Waals surface area contributed by atoms with E-state index in [0.717, 1.165) is 77.7 Å². The van der Waals surface area contributed by atoms with Crippen molar-refractivity contribution in [2.45, 2.75) is 139 Å². The van der Waals surface area contributed by atoms with Crippen molar-refractivity contribution in [1.82, 2.24) is 9.80 Å². The van der Waals surface area contributed by atoms with Crippen molar-refractivity contribution in [3.8, 4) is 0 Å². The summed E-state index contributed by atoms with van der Waals surface area (Å²) >= 11 is 0. The third-order valence-corrected chi connectivity index (χ3v) is 18.6. The van der Waals surface area contributed by atoms with Crippen molar-refractivity contribution >= 4 is 17.8 Å². The van der Waals surface area contributed by atoms with E-state index >= 15 is 0 Å². The molecule has 0 radical (unpaired) electrons. The highest BCUT2D eigenvalue weighted by Crippen LogP contribution is 2.78. The van der Waals surface area contributed by atoms with Gasteiger partial charge in [-0.15, -0.1) is 0 Å². The molecule has 1 amide bonds. The van der Waals surface area contributed by atoms with Crippen molar-refractivity contribution < 1.29 is 24.2 Å². The molecule has 0 spiro atoms. The number of allylic oxidation sites excluding steroid dienone is 1. The molecule has 1 heterocycles. The molecule has 7 rings (SSSR count). The monoisotopic (exact) mass is 707 g/mol. The summed E-state index contributed by atoms with van der Waals surface area (Å²) in [5.41, 5.74) is 0.824. The zero-order valence-electron chi connectivity index (χ0n) is 33.6. The second kappa shape index (κ2) is 12.3. The van der Waals surface area contributed by atoms with Gasteiger partial charge in [0.1, 0.15) is 6.10 Å². The van der Waals surface area contributed by atoms with Gasteiger partial charge in [0.25, 0.3) is 0 Å². The predicted octanol–water partition coefficient (Wildman–Crippen LogP) is 8.47. The number of likely N-dealkylation sites (N-methyl/N-ethyl adjacent to an activating group) is 1. The van der Waals surface area contributed by atoms with Crippen molar-refractivity contribution in [2.24, 2.45) is 73.9 Å². The summed E-state index contributed by atoms with van der Waals surface area (Å²) in [6.07, 6.45) is 11.2. The van der Waals surface area contributed by atoms with Crippen LogP contribution in [0.3, 0.4) is 0 Å². The number of rotatable bonds is 6. The summed E-state index contributed by atoms with van der Waals surface area (Å²) in [5.74, 6) is 1.03. The van der Waals surface area contributed by atoms with Gasteiger partial charge in [-0.1, -0.05) is 67.5 Å². The summed E-state index contributed by atoms with van der Waals surface area (Å²) in [7, 11) is 0. The Morgan fingerprint density at radius 1 is 0.765 bits per heavy atom. The number of hydrogen-bond donors (Lipinski definition) is 1. The van der Waals surface area contributed by atoms with Crippen LogP contribution in [0.5, 0.6) is 0 Å². The number of nitrogens with zero attached hydrogens (tertiary/aromatic N) is 2. The highest BCUT2D eigenvalue weighted by molar-refractivity contribution is 5.84. The number of carboxylic acid groups (broad SMARTS) is 1. The number of carbonyl (C=O) groups is 3. The second-order valence-electron chi connectivity index (χ2n) is 20.9. The quantitative estimate of drug-likeness (QED) is 0.220. The van der Waals surface area contributed by atoms with E-state index in [1.54, 1.807) is 0 Å². The normalized spacial score (nSPS) is 47.1. The standard InChI is InChI=1S/C44H70N2O5/c1-11-45-22-24-46(25-23-45)38(50)44-19-14-28(27(2)3)35(44)29-12-13-33-41(8)17-16-34(51-37(49)31-26-30(36(47)48)39(31,4)5)40(6,7)32(41)15-18-43(33,10)42(29,9)20-21-44/h28-35H,2,11-26H2,1,3-10H3,(H,47,48)/t28-,29+,30?,31?,32-,33+,34-,35+,41-,42+,43+,44-/m0/s1. The molecule has 7 fully saturated rings. The average molecular weight is 707 g/mol. The molecule has 7 nitrogen and oxygen atoms in total. The Bertz CT molecular complexity index is 1450. The maximum atomic E-state index is 14.8. The van der Waals surface area contributed by atoms with Gasteiger partial charge in [-0.25, -0.2) is 0 Å². The first-order chi connectivity index (χ1) is 23.8. The molecule has 7 heteroatoms. The van der Waals surface area contributed by atoms with Crippen molar-refractivity contribution in [3.05, 3.63) is 12.2 Å². The van der Waals surface area contributed by atoms with Crippen LogP contribution in [0.4, 0.5) is 0 Å². The Balaban J connectivity index is 1.13. The smallest absolute Gasteiger partial charge is 0.309 e. The molecule has 0 aromatic carbocycles. The number of carbonyl (C=O) groups excluding carboxylic acids is 2. The van der Waals surface area contributed by atoms with Gasteiger partial charge >= 0.3 is 11.9 Å². The van der Waals surface area contributed by atoms with E-state index in [1.807, 2.05) is 13.8 Å². The molecule has 6 saturated carbocycles. The van der Waals surface area contributed by atoms with Gasteiger partial charge in [-0.2, -0.15) is 0 Å². The number of carboxylic acids is 1. The minimum Gasteiger partial charge on any atom is -0.481 e. The van der Waals surface area contributed by atoms with E-state index in [0.29, 0.717) is 41.9 Å². The lowest BCUT2D eigenvalue weighted by Crippen LogP contribution is -2.68. The lowest BCUT2D eigenvalue weighted by atomic mass is 9.32. The van der Waals surface area contributed by atoms with Gasteiger partial charge < -0.3 is 19.6 Å². The summed E-state index contributed by atoms with van der Waals surface area (Å²) in [6, 6.07) is 0. The van der Waals surface area contributed by atoms with Crippen LogP contribution in [0.25, 0.3) is 0 Å². The molecule has 1 N–H and O–H groups in total. The lowest BCUT2D eigenvalue weighted by molar-refractivity contribution is -0.251. The van der Waals surface area contributed by atoms with Crippen LogP contribution in [0.1, 0.15) is 133 Å². The van der Waals surface area contributed by atoms with Crippen LogP contribution in [-0.4, -0.2) is 71.6 Å². The molecule has 0 aromatic heterocycles. The molecule has 1 saturated heterocycles. The summed E-state index contributed by atoms with van der Waals surface area (Å²) in [5, 5.41) is 9.65. The Morgan fingerprint density at radius 2 is 1.45 bits per heavy atom. The van der Waals surface area contributed by atoms with Gasteiger partial charge in [-0.05, 0) is 135 Å². The summed E-state index contributed by atoms with van der Waals surface area (Å²) < 4.78 is 6.43. The topological polar surface area (TPSA) is 87.2 Å². The van der Waals surface area contributed by atoms with Crippen molar-refractivity contribution in [3.63, 3.8) is 0 Å². The van der Waals surface area contributed by atoms with E-state index in [2.05, 4.69) is 64.8 Å². The zero-order valence-corrected chi connectivity index (χ0v) is 33.6. The molecule has 6 aliphatic carbocycles. The molecule has 51 heavy (non-hydrogen) atoms. The fourth-order valence-electron chi connectivity index (χ4n) is 15.2. The highest BCUT2D eigenvalue weighted by Gasteiger charge is 2.72. The van der Waals surface area contributed by atoms with Crippen molar-refractivity contribution in [2.75, 3.05) is 32.7 Å². The maximum absolute atomic E-state index is 14.8. The number of amides is 1. The largest absolute Gasteiger partial charge is 0.481 e. The van der Waals surface area contributed by atoms with Gasteiger partial charge in [0.2, 0.25) is 5.91 Å². The molecule has 0 bridgehead atoms. The van der Waals surface area contributed by atoms with E-state index in [9.17, 15) is 19.5 Å². The summed E-state index contributed by atoms with van der Waals surface area (Å²) in [4.78, 5) is 44.9. The Hall–Kier alpha value is -1.89. The predicted molar refractivity (Wildman–Crippen MR) is 201 cm³/mol. The fraction of sp³-hybridized carbons (Fsp3) is 0.886. The molecular formula is C44H70N2O5. The Kier molecular flexibility index (Phi) is 9.04. The van der Waals surface area contributed by atoms with Gasteiger partial charge in [0.15, 0.2) is 0 Å². The molecular weight excluding hydrogens is 636 g/mol. The number of fused-ring (bicyclic) bond motifs is 7. The van der Waals surface area contributed by atoms with E-state index in [-0.39, 0.29) is 45.1 Å². The van der Waals surface area contributed by atoms with E-state index in [1.165, 1.54) is 24.8 Å². The number of piperazine rings is 1. The van der Waals surface area contributed by atoms with Crippen LogP contribution >= 0.6 is 0 Å². The molecule has 12 atom stereocenters. The molecule has 286 valence electrons. The fourth-order valence-corrected chi connectivity index (χ4v) is 15.2. The van der Waals surface area contributed by atoms with Gasteiger partial charge in [0.05, 0.1) is 17.3 Å². The maximum Gasteiger partial charge on any atom is 0.309 e. The summed E-state index contributed by atoms with van der Waals surface area (Å²) in [6.45, 7) is 30.2. The Morgan fingerprint density at radius 3 is 2.06 bits per heavy atom. The third-order valence-electron chi connectivity index (χ3n) is 18.6. The number of aliphatic carboxylic acids is 1. The van der Waals surface area contributed by atoms with Crippen LogP contribution in [-0.2, 0) is 19.1 Å². The van der Waals surface area contributed by atoms with Crippen LogP contribution in [0.2, 0.25) is 0 Å². The first-order valence-corrected chi connectivity index (χ1v) is 20.9. The first-order valence-electron chi connectivity index (χ1n) is 20.9. The Labute approximate surface area is 309 Å². The lowest BCUT2D eigenvalue weighted by Gasteiger charge is -2.73. The molecule has 2 unspecified atom stereocenters. The average Bonchev–Trinajstić information content (AvgIpc) is 3.47. The first kappa shape index (κ1) is 37.4. The number of hydrogen-bond acceptors (Lipinski definition) is 5. The minimum absolute atomic E-state index is 0.144.